The van der Waals surface area contributed by atoms with Gasteiger partial charge in [0.25, 0.3) is 0 Å². The summed E-state index contributed by atoms with van der Waals surface area (Å²) in [6.45, 7) is 0. The van der Waals surface area contributed by atoms with Crippen LogP contribution in [0.25, 0.3) is 0 Å². The van der Waals surface area contributed by atoms with Gasteiger partial charge in [0.2, 0.25) is 0 Å². The lowest BCUT2D eigenvalue weighted by Crippen LogP contribution is -1.96. The number of carbonyl (C=O) groups excluding carboxylic acids is 1. The minimum atomic E-state index is 0.192. The zero-order valence-electron chi connectivity index (χ0n) is 6.30. The first kappa shape index (κ1) is 8.53. The molecular weight excluding hydrogens is 203 g/mol. The van der Waals surface area contributed by atoms with E-state index in [2.05, 4.69) is 15.9 Å². The summed E-state index contributed by atoms with van der Waals surface area (Å²) in [5, 5.41) is 0. The molecule has 0 aromatic heterocycles. The van der Waals surface area contributed by atoms with Crippen molar-refractivity contribution in [3.63, 3.8) is 0 Å². The van der Waals surface area contributed by atoms with Crippen molar-refractivity contribution >= 4 is 29.6 Å². The Kier molecular flexibility index (Phi) is 2.88. The van der Waals surface area contributed by atoms with Gasteiger partial charge in [0.1, 0.15) is 7.85 Å². The third kappa shape index (κ3) is 2.19. The number of benzene rings is 1. The van der Waals surface area contributed by atoms with Gasteiger partial charge in [-0.1, -0.05) is 28.1 Å². The van der Waals surface area contributed by atoms with Crippen LogP contribution in [0.1, 0.15) is 10.4 Å². The Balaban J connectivity index is 2.90. The van der Waals surface area contributed by atoms with E-state index in [1.807, 2.05) is 32.1 Å². The molecular formula is C8H8BBrO. The van der Waals surface area contributed by atoms with Gasteiger partial charge in [0, 0.05) is 10.0 Å². The summed E-state index contributed by atoms with van der Waals surface area (Å²) in [6.07, 6.45) is 0.571. The van der Waals surface area contributed by atoms with Crippen LogP contribution >= 0.6 is 15.9 Å². The van der Waals surface area contributed by atoms with E-state index < -0.39 is 0 Å². The lowest BCUT2D eigenvalue weighted by molar-refractivity contribution is 0.101. The molecule has 0 aliphatic heterocycles. The van der Waals surface area contributed by atoms with E-state index in [0.717, 1.165) is 10.0 Å². The number of hydrogen-bond acceptors (Lipinski definition) is 1. The summed E-state index contributed by atoms with van der Waals surface area (Å²) in [4.78, 5) is 11.1. The third-order valence-electron chi connectivity index (χ3n) is 1.49. The van der Waals surface area contributed by atoms with E-state index >= 15 is 0 Å². The summed E-state index contributed by atoms with van der Waals surface area (Å²) in [6, 6.07) is 7.41. The molecule has 3 heteroatoms. The van der Waals surface area contributed by atoms with Gasteiger partial charge in [-0.3, -0.25) is 4.79 Å². The van der Waals surface area contributed by atoms with Crippen LogP contribution in [-0.4, -0.2) is 13.6 Å². The van der Waals surface area contributed by atoms with Gasteiger partial charge in [-0.15, -0.1) is 0 Å². The quantitative estimate of drug-likeness (QED) is 0.537. The third-order valence-corrected chi connectivity index (χ3v) is 2.02. The fraction of sp³-hybridized carbons (Fsp3) is 0.125. The molecule has 0 radical (unpaired) electrons. The average Bonchev–Trinajstić information content (AvgIpc) is 2.05. The number of Topliss-reactive ketones (excluding diaryl/α,β-unsaturated/α-hetero) is 1. The van der Waals surface area contributed by atoms with Gasteiger partial charge < -0.3 is 0 Å². The summed E-state index contributed by atoms with van der Waals surface area (Å²) in [5.41, 5.74) is 0.788. The molecule has 0 aliphatic rings. The van der Waals surface area contributed by atoms with Crippen LogP contribution in [0.4, 0.5) is 0 Å². The summed E-state index contributed by atoms with van der Waals surface area (Å²) in [7, 11) is 1.87. The highest BCUT2D eigenvalue weighted by Crippen LogP contribution is 2.11. The highest BCUT2D eigenvalue weighted by molar-refractivity contribution is 9.10. The summed E-state index contributed by atoms with van der Waals surface area (Å²) < 4.78 is 1.00. The molecule has 0 spiro atoms. The number of ketones is 1. The van der Waals surface area contributed by atoms with E-state index in [1.165, 1.54) is 0 Å². The Hall–Kier alpha value is -0.565. The molecule has 0 amide bonds. The maximum absolute atomic E-state index is 11.1. The molecule has 0 bridgehead atoms. The first-order valence-corrected chi connectivity index (χ1v) is 4.32. The molecule has 1 nitrogen and oxygen atoms in total. The number of hydrogen-bond donors (Lipinski definition) is 0. The van der Waals surface area contributed by atoms with Crippen molar-refractivity contribution in [3.8, 4) is 0 Å². The van der Waals surface area contributed by atoms with Gasteiger partial charge in [-0.25, -0.2) is 0 Å². The second-order valence-corrected chi connectivity index (χ2v) is 3.20. The number of halogens is 1. The summed E-state index contributed by atoms with van der Waals surface area (Å²) >= 11 is 3.31. The minimum absolute atomic E-state index is 0.192. The molecule has 1 aromatic carbocycles. The highest BCUT2D eigenvalue weighted by atomic mass is 79.9. The molecule has 0 heterocycles. The minimum Gasteiger partial charge on any atom is -0.295 e. The number of rotatable bonds is 2. The fourth-order valence-corrected chi connectivity index (χ4v) is 1.10. The van der Waals surface area contributed by atoms with E-state index in [-0.39, 0.29) is 5.78 Å². The molecule has 0 saturated carbocycles. The topological polar surface area (TPSA) is 17.1 Å². The first-order valence-electron chi connectivity index (χ1n) is 3.53. The van der Waals surface area contributed by atoms with E-state index in [4.69, 9.17) is 0 Å². The van der Waals surface area contributed by atoms with Crippen molar-refractivity contribution in [2.75, 3.05) is 0 Å². The Morgan fingerprint density at radius 3 is 2.36 bits per heavy atom. The Bertz CT molecular complexity index is 255. The molecule has 56 valence electrons. The zero-order chi connectivity index (χ0) is 8.27. The normalized spacial score (nSPS) is 9.55. The molecule has 0 aliphatic carbocycles. The highest BCUT2D eigenvalue weighted by Gasteiger charge is 2.00. The maximum Gasteiger partial charge on any atom is 0.155 e. The average molecular weight is 211 g/mol. The van der Waals surface area contributed by atoms with Crippen molar-refractivity contribution in [1.82, 2.24) is 0 Å². The second-order valence-electron chi connectivity index (χ2n) is 2.28. The fourth-order valence-electron chi connectivity index (χ4n) is 0.840. The van der Waals surface area contributed by atoms with E-state index in [1.54, 1.807) is 0 Å². The van der Waals surface area contributed by atoms with Crippen molar-refractivity contribution in [2.24, 2.45) is 0 Å². The summed E-state index contributed by atoms with van der Waals surface area (Å²) in [5.74, 6) is 0.192. The van der Waals surface area contributed by atoms with Crippen molar-refractivity contribution in [1.29, 1.82) is 0 Å². The smallest absolute Gasteiger partial charge is 0.155 e. The molecule has 1 rings (SSSR count). The van der Waals surface area contributed by atoms with Crippen molar-refractivity contribution in [3.05, 3.63) is 34.3 Å². The SMILES string of the molecule is BCC(=O)c1ccc(Br)cc1. The van der Waals surface area contributed by atoms with Crippen molar-refractivity contribution < 1.29 is 4.79 Å². The van der Waals surface area contributed by atoms with Gasteiger partial charge >= 0.3 is 0 Å². The Morgan fingerprint density at radius 2 is 1.91 bits per heavy atom. The predicted octanol–water partition coefficient (Wildman–Crippen LogP) is 1.68. The molecule has 0 atom stereocenters. The van der Waals surface area contributed by atoms with Crippen LogP contribution in [0.2, 0.25) is 6.32 Å². The molecule has 0 saturated heterocycles. The van der Waals surface area contributed by atoms with Gasteiger partial charge in [0.15, 0.2) is 5.78 Å². The second kappa shape index (κ2) is 3.72. The van der Waals surface area contributed by atoms with Crippen molar-refractivity contribution in [2.45, 2.75) is 6.32 Å². The maximum atomic E-state index is 11.1. The monoisotopic (exact) mass is 210 g/mol. The van der Waals surface area contributed by atoms with Crippen LogP contribution in [0.5, 0.6) is 0 Å². The lowest BCUT2D eigenvalue weighted by Gasteiger charge is -1.96. The Labute approximate surface area is 75.3 Å². The molecule has 11 heavy (non-hydrogen) atoms. The van der Waals surface area contributed by atoms with Crippen LogP contribution in [-0.2, 0) is 0 Å². The predicted molar refractivity (Wildman–Crippen MR) is 51.8 cm³/mol. The molecule has 1 aromatic rings. The van der Waals surface area contributed by atoms with Gasteiger partial charge in [-0.2, -0.15) is 0 Å². The molecule has 0 unspecified atom stereocenters. The zero-order valence-corrected chi connectivity index (χ0v) is 7.89. The number of carbonyl (C=O) groups is 1. The van der Waals surface area contributed by atoms with E-state index in [0.29, 0.717) is 6.32 Å². The van der Waals surface area contributed by atoms with Crippen LogP contribution < -0.4 is 0 Å². The Morgan fingerprint density at radius 1 is 1.36 bits per heavy atom. The first-order chi connectivity index (χ1) is 5.24. The van der Waals surface area contributed by atoms with Crippen LogP contribution in [0.3, 0.4) is 0 Å². The van der Waals surface area contributed by atoms with E-state index in [9.17, 15) is 4.79 Å². The largest absolute Gasteiger partial charge is 0.295 e. The molecule has 0 fully saturated rings. The van der Waals surface area contributed by atoms with Crippen LogP contribution in [0, 0.1) is 0 Å². The van der Waals surface area contributed by atoms with Crippen LogP contribution in [0.15, 0.2) is 28.7 Å². The van der Waals surface area contributed by atoms with Gasteiger partial charge in [0.05, 0.1) is 0 Å². The lowest BCUT2D eigenvalue weighted by atomic mass is 9.96. The standard InChI is InChI=1S/C8H8BBrO/c9-5-8(11)6-1-3-7(10)4-2-6/h1-4H,5,9H2. The van der Waals surface area contributed by atoms with Gasteiger partial charge in [-0.05, 0) is 18.5 Å². The molecule has 0 N–H and O–H groups in total.